The first-order chi connectivity index (χ1) is 17.6. The van der Waals surface area contributed by atoms with Crippen molar-refractivity contribution in [2.24, 2.45) is 0 Å². The van der Waals surface area contributed by atoms with E-state index in [1.807, 2.05) is 85.8 Å². The minimum Gasteiger partial charge on any atom is -0.466 e. The van der Waals surface area contributed by atoms with Gasteiger partial charge in [-0.3, -0.25) is 0 Å². The second kappa shape index (κ2) is 12.1. The average molecular weight is 483 g/mol. The van der Waals surface area contributed by atoms with E-state index in [0.717, 1.165) is 16.7 Å². The number of hydrogen-bond donors (Lipinski definition) is 0. The molecule has 0 saturated carbocycles. The van der Waals surface area contributed by atoms with Crippen LogP contribution in [0.5, 0.6) is 0 Å². The normalized spacial score (nSPS) is 18.3. The molecule has 5 heteroatoms. The van der Waals surface area contributed by atoms with Crippen LogP contribution in [0.2, 0.25) is 0 Å². The highest BCUT2D eigenvalue weighted by Crippen LogP contribution is 2.38. The Bertz CT molecular complexity index is 1220. The molecule has 3 atom stereocenters. The minimum absolute atomic E-state index is 0.209. The van der Waals surface area contributed by atoms with E-state index >= 15 is 0 Å². The molecule has 0 heterocycles. The first kappa shape index (κ1) is 25.1. The summed E-state index contributed by atoms with van der Waals surface area (Å²) in [5, 5.41) is 0. The lowest BCUT2D eigenvalue weighted by Crippen LogP contribution is -2.20. The number of hydrogen-bond acceptors (Lipinski definition) is 5. The molecular formula is C31H30O5. The standard InChI is InChI=1S/C31H30O5/c1-3-35-28-21-25(19-26(30(32)34-2)20-27(28)22-13-7-4-8-14-22)29(23-15-9-5-10-16-23)36-31(33)24-17-11-6-12-18-24/h4-18,20-21,27-29H,3,19H2,1-2H3/t27-,28-,29+/m0/s1. The summed E-state index contributed by atoms with van der Waals surface area (Å²) in [6.45, 7) is 2.43. The zero-order valence-electron chi connectivity index (χ0n) is 20.5. The van der Waals surface area contributed by atoms with E-state index in [4.69, 9.17) is 14.2 Å². The molecule has 0 spiro atoms. The highest BCUT2D eigenvalue weighted by molar-refractivity contribution is 5.90. The number of rotatable bonds is 8. The van der Waals surface area contributed by atoms with Crippen LogP contribution in [0.15, 0.2) is 114 Å². The molecule has 184 valence electrons. The Balaban J connectivity index is 1.81. The second-order valence-corrected chi connectivity index (χ2v) is 8.52. The van der Waals surface area contributed by atoms with Crippen molar-refractivity contribution >= 4 is 11.9 Å². The molecule has 0 bridgehead atoms. The van der Waals surface area contributed by atoms with Gasteiger partial charge in [-0.05, 0) is 35.8 Å². The maximum absolute atomic E-state index is 13.1. The van der Waals surface area contributed by atoms with Gasteiger partial charge in [-0.15, -0.1) is 0 Å². The molecule has 0 fully saturated rings. The number of carbonyl (C=O) groups excluding carboxylic acids is 2. The quantitative estimate of drug-likeness (QED) is 0.282. The predicted octanol–water partition coefficient (Wildman–Crippen LogP) is 6.20. The van der Waals surface area contributed by atoms with Crippen molar-refractivity contribution in [3.05, 3.63) is 131 Å². The zero-order chi connectivity index (χ0) is 25.3. The van der Waals surface area contributed by atoms with E-state index in [2.05, 4.69) is 0 Å². The summed E-state index contributed by atoms with van der Waals surface area (Å²) < 4.78 is 17.4. The van der Waals surface area contributed by atoms with Crippen molar-refractivity contribution in [3.8, 4) is 0 Å². The molecule has 0 radical (unpaired) electrons. The molecule has 0 saturated heterocycles. The van der Waals surface area contributed by atoms with Crippen LogP contribution < -0.4 is 0 Å². The summed E-state index contributed by atoms with van der Waals surface area (Å²) in [4.78, 5) is 26.0. The third-order valence-corrected chi connectivity index (χ3v) is 6.17. The second-order valence-electron chi connectivity index (χ2n) is 8.52. The molecule has 36 heavy (non-hydrogen) atoms. The van der Waals surface area contributed by atoms with Gasteiger partial charge in [0.05, 0.1) is 18.8 Å². The summed E-state index contributed by atoms with van der Waals surface area (Å²) in [6, 6.07) is 28.4. The highest BCUT2D eigenvalue weighted by atomic mass is 16.5. The molecule has 3 aromatic rings. The van der Waals surface area contributed by atoms with Gasteiger partial charge in [-0.25, -0.2) is 9.59 Å². The Morgan fingerprint density at radius 3 is 2.06 bits per heavy atom. The van der Waals surface area contributed by atoms with Crippen molar-refractivity contribution in [2.45, 2.75) is 31.5 Å². The zero-order valence-corrected chi connectivity index (χ0v) is 20.5. The van der Waals surface area contributed by atoms with Crippen molar-refractivity contribution in [1.29, 1.82) is 0 Å². The number of esters is 2. The van der Waals surface area contributed by atoms with Gasteiger partial charge in [-0.2, -0.15) is 0 Å². The number of benzene rings is 3. The fourth-order valence-corrected chi connectivity index (χ4v) is 4.46. The van der Waals surface area contributed by atoms with Crippen LogP contribution in [0, 0.1) is 0 Å². The van der Waals surface area contributed by atoms with Gasteiger partial charge in [0.15, 0.2) is 0 Å². The molecular weight excluding hydrogens is 452 g/mol. The van der Waals surface area contributed by atoms with E-state index in [1.54, 1.807) is 24.3 Å². The van der Waals surface area contributed by atoms with Gasteiger partial charge in [0.2, 0.25) is 0 Å². The van der Waals surface area contributed by atoms with Crippen LogP contribution in [-0.4, -0.2) is 31.8 Å². The lowest BCUT2D eigenvalue weighted by Gasteiger charge is -2.25. The number of ether oxygens (including phenoxy) is 3. The van der Waals surface area contributed by atoms with Crippen molar-refractivity contribution in [3.63, 3.8) is 0 Å². The van der Waals surface area contributed by atoms with Crippen LogP contribution in [-0.2, 0) is 19.0 Å². The minimum atomic E-state index is -0.704. The summed E-state index contributed by atoms with van der Waals surface area (Å²) in [7, 11) is 1.37. The first-order valence-electron chi connectivity index (χ1n) is 12.1. The van der Waals surface area contributed by atoms with Gasteiger partial charge >= 0.3 is 11.9 Å². The Morgan fingerprint density at radius 2 is 1.44 bits per heavy atom. The Hall–Kier alpha value is -3.96. The fraction of sp³-hybridized carbons (Fsp3) is 0.226. The van der Waals surface area contributed by atoms with Gasteiger partial charge in [0, 0.05) is 24.5 Å². The van der Waals surface area contributed by atoms with Gasteiger partial charge < -0.3 is 14.2 Å². The largest absolute Gasteiger partial charge is 0.466 e. The van der Waals surface area contributed by atoms with Crippen LogP contribution in [0.1, 0.15) is 46.9 Å². The van der Waals surface area contributed by atoms with Crippen molar-refractivity contribution in [1.82, 2.24) is 0 Å². The molecule has 4 rings (SSSR count). The average Bonchev–Trinajstić information content (AvgIpc) is 3.12. The van der Waals surface area contributed by atoms with Crippen LogP contribution in [0.25, 0.3) is 0 Å². The summed E-state index contributed by atoms with van der Waals surface area (Å²) >= 11 is 0. The van der Waals surface area contributed by atoms with Crippen LogP contribution >= 0.6 is 0 Å². The predicted molar refractivity (Wildman–Crippen MR) is 138 cm³/mol. The molecule has 1 aliphatic rings. The summed E-state index contributed by atoms with van der Waals surface area (Å²) in [5.74, 6) is -1.06. The third-order valence-electron chi connectivity index (χ3n) is 6.17. The maximum Gasteiger partial charge on any atom is 0.339 e. The van der Waals surface area contributed by atoms with E-state index in [-0.39, 0.29) is 18.4 Å². The highest BCUT2D eigenvalue weighted by Gasteiger charge is 2.32. The lowest BCUT2D eigenvalue weighted by molar-refractivity contribution is -0.136. The van der Waals surface area contributed by atoms with Crippen LogP contribution in [0.4, 0.5) is 0 Å². The van der Waals surface area contributed by atoms with Crippen molar-refractivity contribution < 1.29 is 23.8 Å². The topological polar surface area (TPSA) is 61.8 Å². The molecule has 1 aliphatic carbocycles. The molecule has 0 amide bonds. The monoisotopic (exact) mass is 482 g/mol. The molecule has 3 aromatic carbocycles. The summed E-state index contributed by atoms with van der Waals surface area (Å²) in [5.41, 5.74) is 3.55. The van der Waals surface area contributed by atoms with E-state index < -0.39 is 18.0 Å². The smallest absolute Gasteiger partial charge is 0.339 e. The number of carbonyl (C=O) groups is 2. The molecule has 0 N–H and O–H groups in total. The van der Waals surface area contributed by atoms with Crippen molar-refractivity contribution in [2.75, 3.05) is 13.7 Å². The Kier molecular flexibility index (Phi) is 8.48. The molecule has 5 nitrogen and oxygen atoms in total. The Morgan fingerprint density at radius 1 is 0.833 bits per heavy atom. The maximum atomic E-state index is 13.1. The third kappa shape index (κ3) is 5.99. The SMILES string of the molecule is CCO[C@H]1C=C([C@H](OC(=O)c2ccccc2)c2ccccc2)CC(C(=O)OC)=C[C@H]1c1ccccc1. The molecule has 0 aromatic heterocycles. The molecule has 0 unspecified atom stereocenters. The lowest BCUT2D eigenvalue weighted by atomic mass is 9.91. The van der Waals surface area contributed by atoms with E-state index in [0.29, 0.717) is 17.7 Å². The van der Waals surface area contributed by atoms with E-state index in [9.17, 15) is 9.59 Å². The van der Waals surface area contributed by atoms with Gasteiger partial charge in [-0.1, -0.05) is 91.0 Å². The van der Waals surface area contributed by atoms with E-state index in [1.165, 1.54) is 7.11 Å². The summed E-state index contributed by atoms with van der Waals surface area (Å²) in [6.07, 6.45) is 3.12. The molecule has 0 aliphatic heterocycles. The number of methoxy groups -OCH3 is 1. The Labute approximate surface area is 212 Å². The van der Waals surface area contributed by atoms with Gasteiger partial charge in [0.1, 0.15) is 6.10 Å². The fourth-order valence-electron chi connectivity index (χ4n) is 4.46. The first-order valence-corrected chi connectivity index (χ1v) is 12.1. The van der Waals surface area contributed by atoms with Crippen LogP contribution in [0.3, 0.4) is 0 Å². The van der Waals surface area contributed by atoms with Gasteiger partial charge in [0.25, 0.3) is 0 Å².